The van der Waals surface area contributed by atoms with E-state index in [0.29, 0.717) is 12.2 Å². The molecule has 0 spiro atoms. The highest BCUT2D eigenvalue weighted by atomic mass is 16.2. The minimum Gasteiger partial charge on any atom is -0.368 e. The lowest BCUT2D eigenvalue weighted by atomic mass is 9.66. The van der Waals surface area contributed by atoms with Gasteiger partial charge in [0, 0.05) is 19.0 Å². The molecule has 3 rings (SSSR count). The number of anilines is 1. The summed E-state index contributed by atoms with van der Waals surface area (Å²) in [5.74, 6) is 0.0511. The van der Waals surface area contributed by atoms with Crippen LogP contribution in [-0.2, 0) is 5.41 Å². The van der Waals surface area contributed by atoms with Gasteiger partial charge in [-0.2, -0.15) is 0 Å². The predicted molar refractivity (Wildman–Crippen MR) is 92.4 cm³/mol. The lowest BCUT2D eigenvalue weighted by molar-refractivity contribution is 0.0791. The van der Waals surface area contributed by atoms with Gasteiger partial charge in [0.1, 0.15) is 5.69 Å². The fraction of sp³-hybridized carbons (Fsp3) is 0.500. The summed E-state index contributed by atoms with van der Waals surface area (Å²) in [6.07, 6.45) is 4.54. The van der Waals surface area contributed by atoms with E-state index in [2.05, 4.69) is 29.0 Å². The molecule has 2 N–H and O–H groups in total. The zero-order valence-electron chi connectivity index (χ0n) is 14.1. The standard InChI is InChI=1S/C18H24N4O/c1-4-10-22(3)16(23)15-13-11-12(18(2)8-5-9-18)6-7-14(13)20-17(19)21-15/h6-7,11H,4-5,8-10H2,1-3H3,(H2,19,20,21). The quantitative estimate of drug-likeness (QED) is 0.941. The number of hydrogen-bond acceptors (Lipinski definition) is 4. The molecule has 1 fully saturated rings. The van der Waals surface area contributed by atoms with Crippen LogP contribution >= 0.6 is 0 Å². The number of hydrogen-bond donors (Lipinski definition) is 1. The second kappa shape index (κ2) is 5.80. The number of carbonyl (C=O) groups is 1. The van der Waals surface area contributed by atoms with E-state index in [1.54, 1.807) is 11.9 Å². The first-order valence-electron chi connectivity index (χ1n) is 8.28. The van der Waals surface area contributed by atoms with Crippen LogP contribution in [0.15, 0.2) is 18.2 Å². The maximum Gasteiger partial charge on any atom is 0.273 e. The number of nitrogens with zero attached hydrogens (tertiary/aromatic N) is 3. The highest BCUT2D eigenvalue weighted by Crippen LogP contribution is 2.43. The van der Waals surface area contributed by atoms with E-state index in [9.17, 15) is 4.79 Å². The average molecular weight is 312 g/mol. The topological polar surface area (TPSA) is 72.1 Å². The molecule has 5 heteroatoms. The summed E-state index contributed by atoms with van der Waals surface area (Å²) < 4.78 is 0. The molecular formula is C18H24N4O. The number of amides is 1. The van der Waals surface area contributed by atoms with Crippen LogP contribution in [0.4, 0.5) is 5.95 Å². The van der Waals surface area contributed by atoms with Crippen molar-refractivity contribution >= 4 is 22.8 Å². The fourth-order valence-electron chi connectivity index (χ4n) is 3.30. The fourth-order valence-corrected chi connectivity index (χ4v) is 3.30. The molecule has 1 aromatic heterocycles. The Bertz CT molecular complexity index is 752. The summed E-state index contributed by atoms with van der Waals surface area (Å²) in [5.41, 5.74) is 8.42. The monoisotopic (exact) mass is 312 g/mol. The van der Waals surface area contributed by atoms with Crippen LogP contribution in [0.5, 0.6) is 0 Å². The Morgan fingerprint density at radius 3 is 2.70 bits per heavy atom. The summed E-state index contributed by atoms with van der Waals surface area (Å²) in [5, 5.41) is 0.803. The van der Waals surface area contributed by atoms with Gasteiger partial charge in [0.15, 0.2) is 0 Å². The summed E-state index contributed by atoms with van der Waals surface area (Å²) in [6.45, 7) is 5.02. The van der Waals surface area contributed by atoms with Crippen LogP contribution in [0.3, 0.4) is 0 Å². The number of nitrogens with two attached hydrogens (primary N) is 1. The van der Waals surface area contributed by atoms with Crippen molar-refractivity contribution in [2.24, 2.45) is 0 Å². The first kappa shape index (κ1) is 15.7. The molecule has 0 atom stereocenters. The largest absolute Gasteiger partial charge is 0.368 e. The van der Waals surface area contributed by atoms with Gasteiger partial charge < -0.3 is 10.6 Å². The van der Waals surface area contributed by atoms with E-state index in [0.717, 1.165) is 17.3 Å². The highest BCUT2D eigenvalue weighted by Gasteiger charge is 2.34. The Hall–Kier alpha value is -2.17. The van der Waals surface area contributed by atoms with Gasteiger partial charge in [0.2, 0.25) is 5.95 Å². The van der Waals surface area contributed by atoms with Gasteiger partial charge in [-0.15, -0.1) is 0 Å². The Morgan fingerprint density at radius 1 is 1.35 bits per heavy atom. The highest BCUT2D eigenvalue weighted by molar-refractivity contribution is 6.04. The molecule has 1 heterocycles. The summed E-state index contributed by atoms with van der Waals surface area (Å²) >= 11 is 0. The van der Waals surface area contributed by atoms with Crippen molar-refractivity contribution in [3.8, 4) is 0 Å². The molecule has 1 amide bonds. The molecule has 0 radical (unpaired) electrons. The van der Waals surface area contributed by atoms with Gasteiger partial charge in [-0.25, -0.2) is 9.97 Å². The van der Waals surface area contributed by atoms with Gasteiger partial charge in [-0.05, 0) is 42.4 Å². The third kappa shape index (κ3) is 2.76. The van der Waals surface area contributed by atoms with Gasteiger partial charge in [0.25, 0.3) is 5.91 Å². The normalized spacial score (nSPS) is 16.1. The van der Waals surface area contributed by atoms with Gasteiger partial charge in [-0.1, -0.05) is 26.3 Å². The maximum atomic E-state index is 12.7. The number of nitrogen functional groups attached to an aromatic ring is 1. The average Bonchev–Trinajstić information content (AvgIpc) is 2.50. The van der Waals surface area contributed by atoms with E-state index in [4.69, 9.17) is 5.73 Å². The van der Waals surface area contributed by atoms with Crippen molar-refractivity contribution in [1.82, 2.24) is 14.9 Å². The number of rotatable bonds is 4. The third-order valence-corrected chi connectivity index (χ3v) is 4.98. The van der Waals surface area contributed by atoms with Gasteiger partial charge >= 0.3 is 0 Å². The van der Waals surface area contributed by atoms with E-state index in [1.165, 1.54) is 24.8 Å². The lowest BCUT2D eigenvalue weighted by Gasteiger charge is -2.39. The third-order valence-electron chi connectivity index (χ3n) is 4.98. The molecule has 23 heavy (non-hydrogen) atoms. The summed E-state index contributed by atoms with van der Waals surface area (Å²) in [6, 6.07) is 6.15. The Labute approximate surface area is 136 Å². The van der Waals surface area contributed by atoms with E-state index >= 15 is 0 Å². The van der Waals surface area contributed by atoms with Gasteiger partial charge in [-0.3, -0.25) is 4.79 Å². The predicted octanol–water partition coefficient (Wildman–Crippen LogP) is 3.14. The molecule has 0 bridgehead atoms. The van der Waals surface area contributed by atoms with Crippen LogP contribution < -0.4 is 5.73 Å². The Balaban J connectivity index is 2.11. The number of benzene rings is 1. The van der Waals surface area contributed by atoms with Gasteiger partial charge in [0.05, 0.1) is 5.52 Å². The van der Waals surface area contributed by atoms with Crippen molar-refractivity contribution in [2.75, 3.05) is 19.3 Å². The smallest absolute Gasteiger partial charge is 0.273 e. The number of aromatic nitrogens is 2. The molecule has 0 saturated heterocycles. The summed E-state index contributed by atoms with van der Waals surface area (Å²) in [7, 11) is 1.80. The minimum absolute atomic E-state index is 0.0955. The van der Waals surface area contributed by atoms with Crippen LogP contribution in [0.2, 0.25) is 0 Å². The molecule has 1 saturated carbocycles. The first-order chi connectivity index (χ1) is 10.9. The van der Waals surface area contributed by atoms with Crippen molar-refractivity contribution in [1.29, 1.82) is 0 Å². The van der Waals surface area contributed by atoms with Crippen LogP contribution in [0.1, 0.15) is 55.6 Å². The summed E-state index contributed by atoms with van der Waals surface area (Å²) in [4.78, 5) is 23.0. The Kier molecular flexibility index (Phi) is 3.96. The minimum atomic E-state index is -0.0955. The van der Waals surface area contributed by atoms with Crippen molar-refractivity contribution < 1.29 is 4.79 Å². The van der Waals surface area contributed by atoms with Crippen LogP contribution in [-0.4, -0.2) is 34.4 Å². The molecule has 1 aliphatic rings. The molecule has 1 aromatic carbocycles. The maximum absolute atomic E-state index is 12.7. The van der Waals surface area contributed by atoms with E-state index in [-0.39, 0.29) is 17.3 Å². The molecule has 5 nitrogen and oxygen atoms in total. The van der Waals surface area contributed by atoms with E-state index < -0.39 is 0 Å². The zero-order valence-corrected chi connectivity index (χ0v) is 14.1. The first-order valence-corrected chi connectivity index (χ1v) is 8.28. The SMILES string of the molecule is CCCN(C)C(=O)c1nc(N)nc2ccc(C3(C)CCC3)cc12. The molecule has 0 unspecified atom stereocenters. The number of fused-ring (bicyclic) bond motifs is 1. The zero-order chi connectivity index (χ0) is 16.6. The lowest BCUT2D eigenvalue weighted by Crippen LogP contribution is -2.31. The van der Waals surface area contributed by atoms with Crippen molar-refractivity contribution in [2.45, 2.75) is 44.9 Å². The number of carbonyl (C=O) groups excluding carboxylic acids is 1. The molecule has 122 valence electrons. The molecular weight excluding hydrogens is 288 g/mol. The van der Waals surface area contributed by atoms with Crippen molar-refractivity contribution in [3.63, 3.8) is 0 Å². The van der Waals surface area contributed by atoms with Crippen LogP contribution in [0.25, 0.3) is 10.9 Å². The molecule has 1 aliphatic carbocycles. The van der Waals surface area contributed by atoms with Crippen LogP contribution in [0, 0.1) is 0 Å². The van der Waals surface area contributed by atoms with E-state index in [1.807, 2.05) is 13.0 Å². The second-order valence-corrected chi connectivity index (χ2v) is 6.80. The Morgan fingerprint density at radius 2 is 2.09 bits per heavy atom. The molecule has 0 aliphatic heterocycles. The van der Waals surface area contributed by atoms with Crippen molar-refractivity contribution in [3.05, 3.63) is 29.5 Å². The molecule has 2 aromatic rings. The second-order valence-electron chi connectivity index (χ2n) is 6.80.